The van der Waals surface area contributed by atoms with Crippen LogP contribution in [0, 0.1) is 5.92 Å². The lowest BCUT2D eigenvalue weighted by Crippen LogP contribution is -2.21. The van der Waals surface area contributed by atoms with E-state index in [1.807, 2.05) is 6.07 Å². The number of hydrogen-bond acceptors (Lipinski definition) is 4. The summed E-state index contributed by atoms with van der Waals surface area (Å²) in [6.45, 7) is 5.86. The number of carboxylic acids is 1. The molecule has 0 atom stereocenters. The molecule has 122 valence electrons. The minimum Gasteiger partial charge on any atom is -0.492 e. The fourth-order valence-electron chi connectivity index (χ4n) is 1.13. The van der Waals surface area contributed by atoms with Crippen LogP contribution in [0.5, 0.6) is 5.75 Å². The molecule has 8 heteroatoms. The molecule has 5 N–H and O–H groups in total. The summed E-state index contributed by atoms with van der Waals surface area (Å²) in [5, 5.41) is 15.1. The molecule has 0 saturated carbocycles. The molecule has 0 unspecified atom stereocenters. The molecule has 0 saturated heterocycles. The number of rotatable bonds is 5. The van der Waals surface area contributed by atoms with Crippen molar-refractivity contribution in [2.75, 3.05) is 6.61 Å². The van der Waals surface area contributed by atoms with Gasteiger partial charge in [-0.2, -0.15) is 5.10 Å². The van der Waals surface area contributed by atoms with Crippen molar-refractivity contribution in [1.29, 1.82) is 0 Å². The average Bonchev–Trinajstić information content (AvgIpc) is 2.36. The fourth-order valence-corrected chi connectivity index (χ4v) is 1.38. The normalized spacial score (nSPS) is 10.0. The maximum absolute atomic E-state index is 9.00. The Morgan fingerprint density at radius 1 is 1.45 bits per heavy atom. The van der Waals surface area contributed by atoms with E-state index in [1.165, 1.54) is 6.21 Å². The Morgan fingerprint density at radius 3 is 2.50 bits per heavy atom. The summed E-state index contributed by atoms with van der Waals surface area (Å²) in [5.74, 6) is 0.183. The molecule has 0 aliphatic carbocycles. The molecule has 1 rings (SSSR count). The van der Waals surface area contributed by atoms with Crippen molar-refractivity contribution in [3.05, 3.63) is 28.8 Å². The molecule has 0 aliphatic heterocycles. The number of nitrogens with two attached hydrogens (primary N) is 2. The highest BCUT2D eigenvalue weighted by atomic mass is 35.5. The van der Waals surface area contributed by atoms with Gasteiger partial charge in [0.2, 0.25) is 5.96 Å². The van der Waals surface area contributed by atoms with Crippen molar-refractivity contribution in [3.8, 4) is 5.75 Å². The number of benzene rings is 1. The van der Waals surface area contributed by atoms with E-state index in [1.54, 1.807) is 12.1 Å². The zero-order valence-electron chi connectivity index (χ0n) is 12.8. The first-order chi connectivity index (χ1) is 10.2. The molecule has 0 heterocycles. The fraction of sp³-hybridized carbons (Fsp3) is 0.357. The monoisotopic (exact) mass is 328 g/mol. The standard InChI is InChI=1S/C12H17ClN4O.C2H4O2/c1-8(2)7-18-11-4-3-9(5-10(11)13)6-16-17-12(14)15;1-2(3)4/h3-6,8H,7H2,1-2H3,(H4,14,15,17);1H3,(H,3,4)/b16-6+;. The Kier molecular flexibility index (Phi) is 9.36. The van der Waals surface area contributed by atoms with Gasteiger partial charge in [-0.25, -0.2) is 0 Å². The second-order valence-corrected chi connectivity index (χ2v) is 5.09. The predicted molar refractivity (Wildman–Crippen MR) is 88.5 cm³/mol. The minimum absolute atomic E-state index is 0.0887. The maximum atomic E-state index is 9.00. The van der Waals surface area contributed by atoms with Gasteiger partial charge in [-0.3, -0.25) is 4.79 Å². The number of halogens is 1. The second kappa shape index (κ2) is 10.4. The van der Waals surface area contributed by atoms with Gasteiger partial charge in [-0.1, -0.05) is 25.4 Å². The lowest BCUT2D eigenvalue weighted by Gasteiger charge is -2.10. The number of carbonyl (C=O) groups is 1. The summed E-state index contributed by atoms with van der Waals surface area (Å²) in [7, 11) is 0. The molecule has 0 amide bonds. The molecular weight excluding hydrogens is 308 g/mol. The van der Waals surface area contributed by atoms with E-state index in [9.17, 15) is 0 Å². The number of hydrogen-bond donors (Lipinski definition) is 3. The van der Waals surface area contributed by atoms with Crippen molar-refractivity contribution in [2.24, 2.45) is 27.6 Å². The Bertz CT molecular complexity index is 537. The molecule has 1 aromatic rings. The van der Waals surface area contributed by atoms with Gasteiger partial charge in [-0.05, 0) is 29.7 Å². The molecular formula is C14H21ClN4O3. The highest BCUT2D eigenvalue weighted by Crippen LogP contribution is 2.25. The molecule has 0 radical (unpaired) electrons. The lowest BCUT2D eigenvalue weighted by molar-refractivity contribution is -0.134. The van der Waals surface area contributed by atoms with Crippen LogP contribution in [0.2, 0.25) is 5.02 Å². The highest BCUT2D eigenvalue weighted by Gasteiger charge is 2.03. The summed E-state index contributed by atoms with van der Waals surface area (Å²) in [6, 6.07) is 5.36. The van der Waals surface area contributed by atoms with Crippen molar-refractivity contribution < 1.29 is 14.6 Å². The van der Waals surface area contributed by atoms with Crippen LogP contribution >= 0.6 is 11.6 Å². The smallest absolute Gasteiger partial charge is 0.300 e. The maximum Gasteiger partial charge on any atom is 0.300 e. The third-order valence-electron chi connectivity index (χ3n) is 1.91. The number of aliphatic carboxylic acids is 1. The van der Waals surface area contributed by atoms with E-state index in [4.69, 9.17) is 37.7 Å². The first kappa shape index (κ1) is 19.7. The lowest BCUT2D eigenvalue weighted by atomic mass is 10.2. The Morgan fingerprint density at radius 2 is 2.05 bits per heavy atom. The molecule has 1 aromatic carbocycles. The Hall–Kier alpha value is -2.28. The zero-order valence-corrected chi connectivity index (χ0v) is 13.5. The van der Waals surface area contributed by atoms with Crippen molar-refractivity contribution in [2.45, 2.75) is 20.8 Å². The average molecular weight is 329 g/mol. The van der Waals surface area contributed by atoms with E-state index in [0.29, 0.717) is 23.3 Å². The molecule has 0 aromatic heterocycles. The quantitative estimate of drug-likeness (QED) is 0.433. The Balaban J connectivity index is 0.000000980. The van der Waals surface area contributed by atoms with Gasteiger partial charge >= 0.3 is 0 Å². The van der Waals surface area contributed by atoms with Gasteiger partial charge in [0, 0.05) is 6.92 Å². The largest absolute Gasteiger partial charge is 0.492 e. The van der Waals surface area contributed by atoms with E-state index in [-0.39, 0.29) is 5.96 Å². The topological polar surface area (TPSA) is 123 Å². The first-order valence-corrected chi connectivity index (χ1v) is 6.84. The van der Waals surface area contributed by atoms with E-state index < -0.39 is 5.97 Å². The van der Waals surface area contributed by atoms with Crippen LogP contribution in [0.15, 0.2) is 28.4 Å². The molecule has 22 heavy (non-hydrogen) atoms. The predicted octanol–water partition coefficient (Wildman–Crippen LogP) is 2.07. The third-order valence-corrected chi connectivity index (χ3v) is 2.20. The van der Waals surface area contributed by atoms with Crippen molar-refractivity contribution >= 4 is 29.7 Å². The summed E-state index contributed by atoms with van der Waals surface area (Å²) >= 11 is 6.08. The van der Waals surface area contributed by atoms with Crippen LogP contribution in [0.4, 0.5) is 0 Å². The molecule has 7 nitrogen and oxygen atoms in total. The Labute approximate surface area is 134 Å². The third kappa shape index (κ3) is 10.5. The number of ether oxygens (including phenoxy) is 1. The van der Waals surface area contributed by atoms with Crippen LogP contribution in [0.3, 0.4) is 0 Å². The molecule has 0 bridgehead atoms. The van der Waals surface area contributed by atoms with Gasteiger partial charge in [0.25, 0.3) is 5.97 Å². The summed E-state index contributed by atoms with van der Waals surface area (Å²) < 4.78 is 5.55. The molecule has 0 fully saturated rings. The van der Waals surface area contributed by atoms with Crippen LogP contribution in [0.1, 0.15) is 26.3 Å². The number of guanidine groups is 1. The van der Waals surface area contributed by atoms with Gasteiger partial charge in [0.05, 0.1) is 17.8 Å². The van der Waals surface area contributed by atoms with Crippen LogP contribution in [0.25, 0.3) is 0 Å². The first-order valence-electron chi connectivity index (χ1n) is 6.46. The van der Waals surface area contributed by atoms with E-state index >= 15 is 0 Å². The van der Waals surface area contributed by atoms with Gasteiger partial charge in [-0.15, -0.1) is 5.10 Å². The van der Waals surface area contributed by atoms with Crippen LogP contribution in [-0.4, -0.2) is 29.9 Å². The number of nitrogens with zero attached hydrogens (tertiary/aromatic N) is 2. The zero-order chi connectivity index (χ0) is 17.1. The van der Waals surface area contributed by atoms with E-state index in [0.717, 1.165) is 12.5 Å². The van der Waals surface area contributed by atoms with Gasteiger partial charge in [0.1, 0.15) is 5.75 Å². The SMILES string of the molecule is CC(=O)O.CC(C)COc1ccc(/C=N/N=C(N)N)cc1Cl. The van der Waals surface area contributed by atoms with E-state index in [2.05, 4.69) is 24.1 Å². The van der Waals surface area contributed by atoms with Crippen molar-refractivity contribution in [1.82, 2.24) is 0 Å². The highest BCUT2D eigenvalue weighted by molar-refractivity contribution is 6.32. The van der Waals surface area contributed by atoms with Crippen LogP contribution < -0.4 is 16.2 Å². The van der Waals surface area contributed by atoms with Crippen molar-refractivity contribution in [3.63, 3.8) is 0 Å². The van der Waals surface area contributed by atoms with Gasteiger partial charge in [0.15, 0.2) is 0 Å². The number of carboxylic acid groups (broad SMARTS) is 1. The molecule has 0 aliphatic rings. The summed E-state index contributed by atoms with van der Waals surface area (Å²) in [6.07, 6.45) is 1.51. The second-order valence-electron chi connectivity index (χ2n) is 4.68. The minimum atomic E-state index is -0.833. The van der Waals surface area contributed by atoms with Crippen LogP contribution in [-0.2, 0) is 4.79 Å². The molecule has 0 spiro atoms. The van der Waals surface area contributed by atoms with Gasteiger partial charge < -0.3 is 21.3 Å². The summed E-state index contributed by atoms with van der Waals surface area (Å²) in [5.41, 5.74) is 11.1. The summed E-state index contributed by atoms with van der Waals surface area (Å²) in [4.78, 5) is 9.00.